The number of halogens is 1. The van der Waals surface area contributed by atoms with Gasteiger partial charge in [-0.15, -0.1) is 16.7 Å². The van der Waals surface area contributed by atoms with Crippen LogP contribution in [0.3, 0.4) is 0 Å². The molecule has 2 aromatic heterocycles. The second-order valence-corrected chi connectivity index (χ2v) is 4.97. The third-order valence-corrected chi connectivity index (χ3v) is 3.73. The van der Waals surface area contributed by atoms with E-state index < -0.39 is 5.54 Å². The summed E-state index contributed by atoms with van der Waals surface area (Å²) < 4.78 is 1.60. The van der Waals surface area contributed by atoms with Crippen LogP contribution < -0.4 is 5.32 Å². The molecule has 0 saturated heterocycles. The maximum atomic E-state index is 6.17. The highest BCUT2D eigenvalue weighted by molar-refractivity contribution is 6.18. The number of hydrogen-bond acceptors (Lipinski definition) is 5. The van der Waals surface area contributed by atoms with E-state index in [1.54, 1.807) is 16.9 Å². The fraction of sp³-hybridized carbons (Fsp3) is 0.231. The first-order valence-corrected chi connectivity index (χ1v) is 6.68. The molecular formula is C13H13ClN6. The normalized spacial score (nSPS) is 14.1. The van der Waals surface area contributed by atoms with Gasteiger partial charge in [0.05, 0.1) is 17.9 Å². The van der Waals surface area contributed by atoms with Crippen molar-refractivity contribution in [3.05, 3.63) is 48.3 Å². The molecule has 0 aliphatic carbocycles. The monoisotopic (exact) mass is 288 g/mol. The van der Waals surface area contributed by atoms with E-state index in [1.165, 1.54) is 0 Å². The number of tetrazole rings is 1. The van der Waals surface area contributed by atoms with Crippen LogP contribution in [0.5, 0.6) is 0 Å². The summed E-state index contributed by atoms with van der Waals surface area (Å²) >= 11 is 6.17. The minimum Gasteiger partial charge on any atom is -0.358 e. The molecule has 20 heavy (non-hydrogen) atoms. The van der Waals surface area contributed by atoms with Crippen LogP contribution in [0.25, 0.3) is 5.65 Å². The van der Waals surface area contributed by atoms with Gasteiger partial charge in [0.25, 0.3) is 0 Å². The maximum Gasteiger partial charge on any atom is 0.199 e. The number of benzene rings is 1. The van der Waals surface area contributed by atoms with E-state index >= 15 is 0 Å². The Morgan fingerprint density at radius 1 is 1.25 bits per heavy atom. The number of alkyl halides is 1. The third kappa shape index (κ3) is 2.18. The topological polar surface area (TPSA) is 68.0 Å². The lowest BCUT2D eigenvalue weighted by Gasteiger charge is -2.30. The van der Waals surface area contributed by atoms with Crippen molar-refractivity contribution in [3.8, 4) is 0 Å². The van der Waals surface area contributed by atoms with Gasteiger partial charge in [0.1, 0.15) is 0 Å². The summed E-state index contributed by atoms with van der Waals surface area (Å²) in [5.74, 6) is 1.09. The summed E-state index contributed by atoms with van der Waals surface area (Å²) in [6.07, 6.45) is 3.28. The molecule has 0 aliphatic heterocycles. The Balaban J connectivity index is 2.01. The summed E-state index contributed by atoms with van der Waals surface area (Å²) in [7, 11) is 0. The van der Waals surface area contributed by atoms with E-state index in [0.29, 0.717) is 17.3 Å². The summed E-state index contributed by atoms with van der Waals surface area (Å²) in [6, 6.07) is 10.0. The van der Waals surface area contributed by atoms with Gasteiger partial charge in [-0.25, -0.2) is 0 Å². The summed E-state index contributed by atoms with van der Waals surface area (Å²) in [6.45, 7) is 2.03. The molecule has 1 atom stereocenters. The van der Waals surface area contributed by atoms with E-state index in [-0.39, 0.29) is 0 Å². The number of rotatable bonds is 4. The molecule has 3 rings (SSSR count). The maximum absolute atomic E-state index is 6.17. The number of fused-ring (bicyclic) bond motifs is 1. The van der Waals surface area contributed by atoms with Crippen molar-refractivity contribution in [1.29, 1.82) is 0 Å². The summed E-state index contributed by atoms with van der Waals surface area (Å²) in [5.41, 5.74) is 1.23. The molecular weight excluding hydrogens is 276 g/mol. The van der Waals surface area contributed by atoms with Crippen molar-refractivity contribution in [2.45, 2.75) is 12.5 Å². The Morgan fingerprint density at radius 3 is 2.80 bits per heavy atom. The lowest BCUT2D eigenvalue weighted by Crippen LogP contribution is -2.34. The number of aromatic nitrogens is 5. The molecule has 7 heteroatoms. The van der Waals surface area contributed by atoms with Gasteiger partial charge in [-0.1, -0.05) is 30.3 Å². The molecule has 102 valence electrons. The number of nitrogens with zero attached hydrogens (tertiary/aromatic N) is 5. The highest BCUT2D eigenvalue weighted by Crippen LogP contribution is 2.27. The van der Waals surface area contributed by atoms with E-state index in [4.69, 9.17) is 11.6 Å². The Morgan fingerprint density at radius 2 is 2.05 bits per heavy atom. The Bertz CT molecular complexity index is 713. The fourth-order valence-electron chi connectivity index (χ4n) is 2.03. The molecule has 0 amide bonds. The zero-order valence-electron chi connectivity index (χ0n) is 10.9. The van der Waals surface area contributed by atoms with Crippen molar-refractivity contribution < 1.29 is 0 Å². The zero-order valence-corrected chi connectivity index (χ0v) is 11.6. The molecule has 1 N–H and O–H groups in total. The average Bonchev–Trinajstić information content (AvgIpc) is 2.98. The second-order valence-electron chi connectivity index (χ2n) is 4.70. The van der Waals surface area contributed by atoms with Crippen molar-refractivity contribution in [2.75, 3.05) is 11.2 Å². The third-order valence-electron chi connectivity index (χ3n) is 3.19. The Kier molecular flexibility index (Phi) is 3.23. The van der Waals surface area contributed by atoms with Gasteiger partial charge in [0.2, 0.25) is 0 Å². The Labute approximate surface area is 120 Å². The van der Waals surface area contributed by atoms with Crippen molar-refractivity contribution in [2.24, 2.45) is 0 Å². The lowest BCUT2D eigenvalue weighted by molar-refractivity contribution is 0.607. The van der Waals surface area contributed by atoms with Gasteiger partial charge >= 0.3 is 0 Å². The number of nitrogens with one attached hydrogen (secondary N) is 1. The predicted octanol–water partition coefficient (Wildman–Crippen LogP) is 2.09. The van der Waals surface area contributed by atoms with Crippen LogP contribution >= 0.6 is 11.6 Å². The van der Waals surface area contributed by atoms with Crippen LogP contribution in [-0.4, -0.2) is 30.9 Å². The molecule has 1 aromatic carbocycles. The SMILES string of the molecule is CC(CCl)(Nc1cncc2nnnn12)c1ccccc1. The molecule has 2 heterocycles. The van der Waals surface area contributed by atoms with Crippen LogP contribution in [0.1, 0.15) is 12.5 Å². The van der Waals surface area contributed by atoms with Crippen LogP contribution in [0.4, 0.5) is 5.82 Å². The minimum absolute atomic E-state index is 0.398. The van der Waals surface area contributed by atoms with Gasteiger partial charge in [0, 0.05) is 5.88 Å². The van der Waals surface area contributed by atoms with E-state index in [1.807, 2.05) is 37.3 Å². The first kappa shape index (κ1) is 12.8. The largest absolute Gasteiger partial charge is 0.358 e. The van der Waals surface area contributed by atoms with Crippen molar-refractivity contribution in [3.63, 3.8) is 0 Å². The molecule has 3 aromatic rings. The van der Waals surface area contributed by atoms with E-state index in [9.17, 15) is 0 Å². The molecule has 0 aliphatic rings. The molecule has 0 fully saturated rings. The molecule has 0 radical (unpaired) electrons. The minimum atomic E-state index is -0.440. The van der Waals surface area contributed by atoms with Gasteiger partial charge in [-0.2, -0.15) is 4.52 Å². The van der Waals surface area contributed by atoms with E-state index in [0.717, 1.165) is 5.56 Å². The highest BCUT2D eigenvalue weighted by Gasteiger charge is 2.26. The van der Waals surface area contributed by atoms with Gasteiger partial charge in [-0.05, 0) is 22.9 Å². The van der Waals surface area contributed by atoms with Crippen LogP contribution in [0, 0.1) is 0 Å². The van der Waals surface area contributed by atoms with Crippen LogP contribution in [0.15, 0.2) is 42.7 Å². The van der Waals surface area contributed by atoms with Crippen LogP contribution in [0.2, 0.25) is 0 Å². The standard InChI is InChI=1S/C13H13ClN6/c1-13(9-14,10-5-3-2-4-6-10)16-11-7-15-8-12-17-18-19-20(11)12/h2-8,16H,9H2,1H3. The molecule has 6 nitrogen and oxygen atoms in total. The second kappa shape index (κ2) is 5.05. The van der Waals surface area contributed by atoms with Gasteiger partial charge in [0.15, 0.2) is 11.5 Å². The van der Waals surface area contributed by atoms with Crippen LogP contribution in [-0.2, 0) is 5.54 Å². The quantitative estimate of drug-likeness (QED) is 0.745. The smallest absolute Gasteiger partial charge is 0.199 e. The molecule has 0 saturated carbocycles. The number of hydrogen-bond donors (Lipinski definition) is 1. The summed E-state index contributed by atoms with van der Waals surface area (Å²) in [5, 5.41) is 14.8. The zero-order chi connectivity index (χ0) is 14.0. The Hall–Kier alpha value is -2.21. The highest BCUT2D eigenvalue weighted by atomic mass is 35.5. The first-order valence-electron chi connectivity index (χ1n) is 6.15. The fourth-order valence-corrected chi connectivity index (χ4v) is 2.25. The van der Waals surface area contributed by atoms with Gasteiger partial charge < -0.3 is 5.32 Å². The first-order chi connectivity index (χ1) is 9.73. The van der Waals surface area contributed by atoms with E-state index in [2.05, 4.69) is 25.8 Å². The van der Waals surface area contributed by atoms with Gasteiger partial charge in [-0.3, -0.25) is 4.98 Å². The molecule has 0 bridgehead atoms. The predicted molar refractivity (Wildman–Crippen MR) is 76.7 cm³/mol. The number of anilines is 1. The van der Waals surface area contributed by atoms with Crippen molar-refractivity contribution >= 4 is 23.1 Å². The summed E-state index contributed by atoms with van der Waals surface area (Å²) in [4.78, 5) is 4.13. The molecule has 1 unspecified atom stereocenters. The molecule has 0 spiro atoms. The average molecular weight is 289 g/mol. The lowest BCUT2D eigenvalue weighted by atomic mass is 9.94. The van der Waals surface area contributed by atoms with Crippen molar-refractivity contribution in [1.82, 2.24) is 25.0 Å².